The normalized spacial score (nSPS) is 25.9. The molecule has 3 heterocycles. The second-order valence-electron chi connectivity index (χ2n) is 5.36. The van der Waals surface area contributed by atoms with Gasteiger partial charge in [-0.1, -0.05) is 6.07 Å². The largest absolute Gasteiger partial charge is 0.353 e. The summed E-state index contributed by atoms with van der Waals surface area (Å²) in [7, 11) is 0. The van der Waals surface area contributed by atoms with E-state index in [1.807, 2.05) is 11.0 Å². The van der Waals surface area contributed by atoms with Gasteiger partial charge >= 0.3 is 0 Å². The molecule has 2 aliphatic rings. The van der Waals surface area contributed by atoms with Crippen molar-refractivity contribution in [3.63, 3.8) is 0 Å². The molecule has 0 radical (unpaired) electrons. The molecule has 2 amide bonds. The quantitative estimate of drug-likeness (QED) is 0.791. The number of carbonyl (C=O) groups excluding carboxylic acids is 2. The van der Waals surface area contributed by atoms with E-state index in [-0.39, 0.29) is 17.9 Å². The van der Waals surface area contributed by atoms with E-state index in [1.54, 1.807) is 12.1 Å². The molecule has 2 aliphatic heterocycles. The number of carbonyl (C=O) groups is 2. The number of nitrogens with one attached hydrogen (secondary N) is 1. The lowest BCUT2D eigenvalue weighted by atomic mass is 9.85. The molecule has 0 bridgehead atoms. The molecule has 0 spiro atoms. The molecule has 20 heavy (non-hydrogen) atoms. The lowest BCUT2D eigenvalue weighted by Gasteiger charge is -2.41. The Morgan fingerprint density at radius 3 is 3.05 bits per heavy atom. The fraction of sp³-hybridized carbons (Fsp3) is 0.500. The Balaban J connectivity index is 1.70. The van der Waals surface area contributed by atoms with Crippen LogP contribution in [0.1, 0.15) is 29.8 Å². The third-order valence-electron chi connectivity index (χ3n) is 4.04. The fourth-order valence-corrected chi connectivity index (χ4v) is 3.33. The van der Waals surface area contributed by atoms with E-state index in [1.165, 1.54) is 0 Å². The third kappa shape index (κ3) is 2.70. The van der Waals surface area contributed by atoms with E-state index in [0.717, 1.165) is 12.8 Å². The molecule has 6 heteroatoms. The van der Waals surface area contributed by atoms with E-state index >= 15 is 0 Å². The molecular formula is C14H16BrN3O2. The lowest BCUT2D eigenvalue weighted by molar-refractivity contribution is -0.125. The van der Waals surface area contributed by atoms with Crippen molar-refractivity contribution in [2.24, 2.45) is 5.92 Å². The van der Waals surface area contributed by atoms with Crippen molar-refractivity contribution >= 4 is 27.7 Å². The van der Waals surface area contributed by atoms with Gasteiger partial charge in [0, 0.05) is 25.6 Å². The summed E-state index contributed by atoms with van der Waals surface area (Å²) in [5.74, 6) is 0.485. The van der Waals surface area contributed by atoms with E-state index in [2.05, 4.69) is 26.2 Å². The van der Waals surface area contributed by atoms with E-state index in [0.29, 0.717) is 35.7 Å². The number of hydrogen-bond acceptors (Lipinski definition) is 3. The van der Waals surface area contributed by atoms with Crippen LogP contribution >= 0.6 is 15.9 Å². The van der Waals surface area contributed by atoms with Gasteiger partial charge < -0.3 is 10.2 Å². The number of pyridine rings is 1. The van der Waals surface area contributed by atoms with Crippen molar-refractivity contribution in [2.75, 3.05) is 13.1 Å². The molecule has 1 N–H and O–H groups in total. The first-order valence-corrected chi connectivity index (χ1v) is 7.64. The number of halogens is 1. The third-order valence-corrected chi connectivity index (χ3v) is 4.49. The van der Waals surface area contributed by atoms with Crippen LogP contribution in [0.15, 0.2) is 22.8 Å². The zero-order valence-electron chi connectivity index (χ0n) is 11.0. The van der Waals surface area contributed by atoms with Gasteiger partial charge in [-0.05, 0) is 46.8 Å². The first kappa shape index (κ1) is 13.5. The van der Waals surface area contributed by atoms with Crippen molar-refractivity contribution < 1.29 is 9.59 Å². The van der Waals surface area contributed by atoms with Gasteiger partial charge in [0.15, 0.2) is 0 Å². The number of likely N-dealkylation sites (tertiary alicyclic amines) is 1. The predicted octanol–water partition coefficient (Wildman–Crippen LogP) is 1.58. The van der Waals surface area contributed by atoms with Crippen LogP contribution in [0.5, 0.6) is 0 Å². The summed E-state index contributed by atoms with van der Waals surface area (Å²) in [6, 6.07) is 5.59. The minimum atomic E-state index is -0.0262. The van der Waals surface area contributed by atoms with Crippen LogP contribution in [0.25, 0.3) is 0 Å². The molecule has 0 aromatic carbocycles. The maximum absolute atomic E-state index is 12.4. The van der Waals surface area contributed by atoms with Crippen molar-refractivity contribution in [2.45, 2.75) is 25.3 Å². The average molecular weight is 338 g/mol. The molecule has 2 fully saturated rings. The Bertz CT molecular complexity index is 549. The Morgan fingerprint density at radius 1 is 1.40 bits per heavy atom. The number of aromatic nitrogens is 1. The Hall–Kier alpha value is -1.43. The van der Waals surface area contributed by atoms with Crippen LogP contribution in [0.3, 0.4) is 0 Å². The molecule has 1 aromatic heterocycles. The molecular weight excluding hydrogens is 322 g/mol. The molecule has 2 saturated heterocycles. The first-order chi connectivity index (χ1) is 9.63. The highest BCUT2D eigenvalue weighted by Gasteiger charge is 2.35. The van der Waals surface area contributed by atoms with E-state index in [4.69, 9.17) is 0 Å². The lowest BCUT2D eigenvalue weighted by Crippen LogP contribution is -2.55. The summed E-state index contributed by atoms with van der Waals surface area (Å²) in [4.78, 5) is 29.9. The zero-order valence-corrected chi connectivity index (χ0v) is 12.6. The highest BCUT2D eigenvalue weighted by Crippen LogP contribution is 2.26. The number of amides is 2. The Labute approximate surface area is 125 Å². The number of fused-ring (bicyclic) bond motifs is 1. The number of piperidine rings is 2. The molecule has 5 nitrogen and oxygen atoms in total. The molecule has 0 saturated carbocycles. The summed E-state index contributed by atoms with van der Waals surface area (Å²) in [5, 5.41) is 3.03. The van der Waals surface area contributed by atoms with Crippen molar-refractivity contribution in [3.8, 4) is 0 Å². The van der Waals surface area contributed by atoms with E-state index < -0.39 is 0 Å². The van der Waals surface area contributed by atoms with Gasteiger partial charge in [0.05, 0.1) is 0 Å². The van der Waals surface area contributed by atoms with Crippen LogP contribution < -0.4 is 5.32 Å². The predicted molar refractivity (Wildman–Crippen MR) is 77.1 cm³/mol. The summed E-state index contributed by atoms with van der Waals surface area (Å²) in [6.07, 6.45) is 2.26. The molecule has 106 valence electrons. The van der Waals surface area contributed by atoms with Crippen molar-refractivity contribution in [3.05, 3.63) is 28.5 Å². The highest BCUT2D eigenvalue weighted by atomic mass is 79.9. The van der Waals surface area contributed by atoms with Gasteiger partial charge in [-0.3, -0.25) is 9.59 Å². The number of rotatable bonds is 1. The minimum Gasteiger partial charge on any atom is -0.353 e. The second kappa shape index (κ2) is 5.52. The number of nitrogens with zero attached hydrogens (tertiary/aromatic N) is 2. The maximum atomic E-state index is 12.4. The SMILES string of the molecule is O=C1CCC2CN(C(=O)c3cccc(Br)n3)CCC2N1. The molecule has 2 unspecified atom stereocenters. The summed E-state index contributed by atoms with van der Waals surface area (Å²) in [6.45, 7) is 1.38. The Kier molecular flexibility index (Phi) is 3.74. The smallest absolute Gasteiger partial charge is 0.272 e. The number of hydrogen-bond donors (Lipinski definition) is 1. The van der Waals surface area contributed by atoms with Crippen LogP contribution in [-0.4, -0.2) is 40.8 Å². The van der Waals surface area contributed by atoms with Crippen molar-refractivity contribution in [1.29, 1.82) is 0 Å². The van der Waals surface area contributed by atoms with Crippen LogP contribution in [-0.2, 0) is 4.79 Å². The molecule has 1 aromatic rings. The first-order valence-electron chi connectivity index (χ1n) is 6.84. The summed E-state index contributed by atoms with van der Waals surface area (Å²) in [5.41, 5.74) is 0.470. The van der Waals surface area contributed by atoms with Gasteiger partial charge in [0.1, 0.15) is 10.3 Å². The maximum Gasteiger partial charge on any atom is 0.272 e. The summed E-state index contributed by atoms with van der Waals surface area (Å²) >= 11 is 3.29. The molecule has 2 atom stereocenters. The van der Waals surface area contributed by atoms with Gasteiger partial charge in [-0.25, -0.2) is 4.98 Å². The average Bonchev–Trinajstić information content (AvgIpc) is 2.46. The monoisotopic (exact) mass is 337 g/mol. The molecule has 3 rings (SSSR count). The topological polar surface area (TPSA) is 62.3 Å². The highest BCUT2D eigenvalue weighted by molar-refractivity contribution is 9.10. The second-order valence-corrected chi connectivity index (χ2v) is 6.17. The van der Waals surface area contributed by atoms with Gasteiger partial charge in [0.2, 0.25) is 5.91 Å². The fourth-order valence-electron chi connectivity index (χ4n) is 2.98. The van der Waals surface area contributed by atoms with Gasteiger partial charge in [-0.2, -0.15) is 0 Å². The van der Waals surface area contributed by atoms with Crippen LogP contribution in [0.4, 0.5) is 0 Å². The molecule has 0 aliphatic carbocycles. The zero-order chi connectivity index (χ0) is 14.1. The van der Waals surface area contributed by atoms with Gasteiger partial charge in [-0.15, -0.1) is 0 Å². The van der Waals surface area contributed by atoms with Crippen LogP contribution in [0.2, 0.25) is 0 Å². The van der Waals surface area contributed by atoms with Gasteiger partial charge in [0.25, 0.3) is 5.91 Å². The Morgan fingerprint density at radius 2 is 2.25 bits per heavy atom. The van der Waals surface area contributed by atoms with Crippen molar-refractivity contribution in [1.82, 2.24) is 15.2 Å². The minimum absolute atomic E-state index is 0.0262. The van der Waals surface area contributed by atoms with Crippen LogP contribution in [0, 0.1) is 5.92 Å². The van der Waals surface area contributed by atoms with E-state index in [9.17, 15) is 9.59 Å². The standard InChI is InChI=1S/C14H16BrN3O2/c15-12-3-1-2-11(16-12)14(20)18-7-6-10-9(8-18)4-5-13(19)17-10/h1-3,9-10H,4-8H2,(H,17,19). The summed E-state index contributed by atoms with van der Waals surface area (Å²) < 4.78 is 0.670.